The number of aromatic nitrogens is 4. The van der Waals surface area contributed by atoms with Crippen molar-refractivity contribution < 1.29 is 68.6 Å². The number of rotatable bonds is 18. The third-order valence-electron chi connectivity index (χ3n) is 12.8. The van der Waals surface area contributed by atoms with E-state index in [4.69, 9.17) is 40.5 Å². The van der Waals surface area contributed by atoms with E-state index in [0.717, 1.165) is 107 Å². The Bertz CT molecular complexity index is 3460. The zero-order valence-corrected chi connectivity index (χ0v) is 100. The number of hydrogen-bond acceptors (Lipinski definition) is 17. The van der Waals surface area contributed by atoms with Crippen molar-refractivity contribution in [3.63, 3.8) is 0 Å². The molecule has 10 rings (SSSR count). The summed E-state index contributed by atoms with van der Waals surface area (Å²) >= 11 is 47.4. The topological polar surface area (TPSA) is 245 Å². The van der Waals surface area contributed by atoms with Crippen molar-refractivity contribution in [3.8, 4) is 0 Å². The van der Waals surface area contributed by atoms with Crippen LogP contribution >= 0.6 is 260 Å². The number of nitrogens with zero attached hydrogens (tertiary/aromatic N) is 10. The normalized spacial score (nSPS) is 14.8. The van der Waals surface area contributed by atoms with Crippen LogP contribution in [0.25, 0.3) is 0 Å². The van der Waals surface area contributed by atoms with Crippen LogP contribution in [0.2, 0.25) is 15.6 Å². The molecule has 0 saturated carbocycles. The van der Waals surface area contributed by atoms with Crippen LogP contribution in [-0.2, 0) is 38.0 Å². The molecule has 2 aromatic heterocycles. The van der Waals surface area contributed by atoms with Crippen molar-refractivity contribution in [1.82, 2.24) is 39.2 Å². The molecule has 102 heavy (non-hydrogen) atoms. The quantitative estimate of drug-likeness (QED) is 0.00803. The SMILES string of the molecule is FC(F)(F)c1cnc(Cl)nc1Cl.II(I)I(I)I.I[I-]I(I)I(I)I.Nc1ccc(C2CN([B]C=O)C2)cc1.O=C[B]N1CC(I)C1.O=C[B]N1CC(c2ccc(Cc3ncc(C(F)(F)F)c(Cl)n3)cc2)C1.O=C[B]N1CC(c2ccc([N+](=O)[O-])cc2)C1.O=[N+]([O-])c1ccc(I)cc1.[K][K].[K][K]. The van der Waals surface area contributed by atoms with Crippen LogP contribution in [0.1, 0.15) is 57.0 Å². The Balaban J connectivity index is 0.000000602. The zero-order chi connectivity index (χ0) is 77.5. The van der Waals surface area contributed by atoms with Gasteiger partial charge in [0.2, 0.25) is 5.28 Å². The van der Waals surface area contributed by atoms with Crippen molar-refractivity contribution in [2.45, 2.75) is 40.5 Å². The minimum atomic E-state index is -4.56. The molecule has 4 radical (unpaired) electrons. The summed E-state index contributed by atoms with van der Waals surface area (Å²) in [5, 5.41) is 19.0. The van der Waals surface area contributed by atoms with Gasteiger partial charge in [-0.1, -0.05) is 94.3 Å². The molecule has 2 N–H and O–H groups in total. The van der Waals surface area contributed by atoms with Gasteiger partial charge in [0.05, 0.1) is 34.6 Å². The summed E-state index contributed by atoms with van der Waals surface area (Å²) in [6.45, 7) is 7.16. The van der Waals surface area contributed by atoms with Crippen LogP contribution in [-0.4, -0.2) is 286 Å². The third kappa shape index (κ3) is 47.7. The molecule has 0 atom stereocenters. The monoisotopic (exact) mass is 3260 g/mol. The van der Waals surface area contributed by atoms with E-state index < -0.39 is 43.6 Å². The summed E-state index contributed by atoms with van der Waals surface area (Å²) in [6, 6.07) is 28.7. The first-order chi connectivity index (χ1) is 48.1. The van der Waals surface area contributed by atoms with Gasteiger partial charge in [0.25, 0.3) is 41.0 Å². The Hall–Kier alpha value is 10.4. The number of non-ortho nitro benzene ring substituents is 2. The van der Waals surface area contributed by atoms with Crippen LogP contribution in [0.4, 0.5) is 43.4 Å². The van der Waals surface area contributed by atoms with Gasteiger partial charge in [-0.15, -0.1) is 0 Å². The van der Waals surface area contributed by atoms with E-state index in [-0.39, 0.29) is 54.1 Å². The molecule has 4 aliphatic rings. The average Bonchev–Trinajstić information content (AvgIpc) is 0.836. The van der Waals surface area contributed by atoms with E-state index in [9.17, 15) is 65.7 Å². The fraction of sp³-hybridized carbons (Fsp3) is 0.294. The summed E-state index contributed by atoms with van der Waals surface area (Å²) < 4.78 is 75.6. The number of carbonyl (C=O) groups excluding carboxylic acids is 4. The van der Waals surface area contributed by atoms with Crippen molar-refractivity contribution in [2.24, 2.45) is 0 Å². The molecule has 6 aromatic rings. The summed E-state index contributed by atoms with van der Waals surface area (Å²) in [7, 11) is 5.10. The van der Waals surface area contributed by atoms with Gasteiger partial charge >= 0.3 is 332 Å². The maximum absolute atomic E-state index is 12.7. The number of anilines is 1. The van der Waals surface area contributed by atoms with E-state index in [1.165, 1.54) is 171 Å². The summed E-state index contributed by atoms with van der Waals surface area (Å²) in [5.74, 6) is 1.53. The van der Waals surface area contributed by atoms with E-state index in [2.05, 4.69) is 226 Å². The first kappa shape index (κ1) is 110. The third-order valence-corrected chi connectivity index (χ3v) is 428. The molecule has 51 heteroatoms. The number of carbonyl (C=O) groups is 4. The molecule has 0 spiro atoms. The Morgan fingerprint density at radius 2 is 0.873 bits per heavy atom. The van der Waals surface area contributed by atoms with E-state index >= 15 is 0 Å². The van der Waals surface area contributed by atoms with Crippen LogP contribution < -0.4 is 19.0 Å². The van der Waals surface area contributed by atoms with Crippen LogP contribution in [0.5, 0.6) is 0 Å². The number of alkyl halides is 7. The molecule has 4 aromatic carbocycles. The number of nitrogen functional groups attached to an aromatic ring is 1. The van der Waals surface area contributed by atoms with Gasteiger partial charge in [-0.25, -0.2) is 19.9 Å². The second kappa shape index (κ2) is 63.3. The molecule has 0 aliphatic carbocycles. The van der Waals surface area contributed by atoms with E-state index in [1.807, 2.05) is 55.6 Å². The molecule has 6 heterocycles. The van der Waals surface area contributed by atoms with Gasteiger partial charge < -0.3 is 44.2 Å². The number of nitro groups is 2. The molecule has 19 nitrogen and oxygen atoms in total. The standard InChI is InChI=1S/C16H13BClF3N3O.C10H10BN2O3.C10H12BN2O.C6H4INO2.C5HCl2F3N2.C4H6BINO.I7.I6.4K/c18-15-13(16(19,20)21)6-22-14(23-15)5-10-1-3-11(4-2-10)12-7-24(8-12)17-9-25;14-7-11-12-5-9(6-12)8-1-3-10(4-2-8)13(15)16;12-10-3-1-8(2-4-10)9-5-13(6-9)11-7-14;7-5-1-3-6(4-2-5)8(9)10;6-3-2(5(8,9)10)1-11-4(7)12-3;6-4-1-7(2-4)5-3-8;1-5-7(4)6(2)3;1-5(2)6(3)4;;;;/h1-4,6,9,12H,5,7-8H2;1-4,7,9H,5-6H2;1-4,7,9H,5-6,12H2;1-4H;1H;3-4H,1-2H2;;;;;;/q;;;;;;-1;;;;;. The number of halogens is 24. The Kier molecular flexibility index (Phi) is 68.5. The van der Waals surface area contributed by atoms with Gasteiger partial charge in [-0.05, 0) is 120 Å². The average molecular weight is 3260 g/mol. The van der Waals surface area contributed by atoms with Crippen molar-refractivity contribution >= 4 is 458 Å². The molecule has 0 amide bonds. The van der Waals surface area contributed by atoms with E-state index in [0.29, 0.717) is 49.8 Å². The van der Waals surface area contributed by atoms with Gasteiger partial charge in [-0.3, -0.25) is 20.2 Å². The Morgan fingerprint density at radius 3 is 1.16 bits per heavy atom. The molecule has 538 valence electrons. The van der Waals surface area contributed by atoms with Crippen molar-refractivity contribution in [3.05, 3.63) is 188 Å². The summed E-state index contributed by atoms with van der Waals surface area (Å²) in [4.78, 5) is 82.0. The molecule has 4 saturated heterocycles. The molecule has 0 unspecified atom stereocenters. The summed E-state index contributed by atoms with van der Waals surface area (Å²) in [6.07, 6.45) is -4.34. The first-order valence-electron chi connectivity index (χ1n) is 28.5. The van der Waals surface area contributed by atoms with Crippen LogP contribution in [0, 0.1) is 23.8 Å². The Labute approximate surface area is 828 Å². The van der Waals surface area contributed by atoms with Gasteiger partial charge in [0, 0.05) is 87.1 Å². The van der Waals surface area contributed by atoms with Gasteiger partial charge in [0.1, 0.15) is 27.3 Å². The fourth-order valence-corrected chi connectivity index (χ4v) is 220. The molecule has 0 bridgehead atoms. The van der Waals surface area contributed by atoms with Crippen molar-refractivity contribution in [1.29, 1.82) is 0 Å². The number of nitrogens with two attached hydrogens (primary N) is 1. The number of nitro benzene ring substituents is 2. The van der Waals surface area contributed by atoms with Crippen molar-refractivity contribution in [2.75, 3.05) is 58.1 Å². The minimum absolute atomic E-state index is 0.111. The van der Waals surface area contributed by atoms with Gasteiger partial charge in [0.15, 0.2) is 0 Å². The summed E-state index contributed by atoms with van der Waals surface area (Å²) in [5.41, 5.74) is 8.95. The predicted octanol–water partition coefficient (Wildman–Crippen LogP) is 15.3. The Morgan fingerprint density at radius 1 is 0.549 bits per heavy atom. The van der Waals surface area contributed by atoms with E-state index in [1.54, 1.807) is 39.1 Å². The zero-order valence-electron chi connectivity index (χ0n) is 53.1. The molecule has 4 aliphatic heterocycles. The predicted molar refractivity (Wildman–Crippen MR) is 522 cm³/mol. The maximum atomic E-state index is 12.7. The van der Waals surface area contributed by atoms with Crippen LogP contribution in [0.3, 0.4) is 0 Å². The van der Waals surface area contributed by atoms with Gasteiger partial charge in [-0.2, -0.15) is 26.3 Å². The molecular formula is C51H46B4Cl3F6I15K4N11O8-. The first-order valence-corrected chi connectivity index (χ1v) is 133. The fourth-order valence-electron chi connectivity index (χ4n) is 7.96. The molecular weight excluding hydrogens is 3220 g/mol. The van der Waals surface area contributed by atoms with Crippen LogP contribution in [0.15, 0.2) is 109 Å². The number of benzene rings is 4. The second-order valence-electron chi connectivity index (χ2n) is 19.3. The second-order valence-corrected chi connectivity index (χ2v) is 235. The molecule has 4 fully saturated rings. The number of hydrogen-bond donors (Lipinski definition) is 1.